The molecule has 0 unspecified atom stereocenters. The fourth-order valence-electron chi connectivity index (χ4n) is 1.98. The molecule has 1 rings (SSSR count). The average Bonchev–Trinajstić information content (AvgIpc) is 2.36. The van der Waals surface area contributed by atoms with E-state index in [1.807, 2.05) is 4.90 Å². The molecule has 0 saturated carbocycles. The van der Waals surface area contributed by atoms with Gasteiger partial charge >= 0.3 is 0 Å². The van der Waals surface area contributed by atoms with Gasteiger partial charge in [0.05, 0.1) is 13.2 Å². The number of hydrogen-bond acceptors (Lipinski definition) is 3. The van der Waals surface area contributed by atoms with E-state index in [-0.39, 0.29) is 5.91 Å². The molecule has 1 heterocycles. The summed E-state index contributed by atoms with van der Waals surface area (Å²) in [4.78, 5) is 13.8. The van der Waals surface area contributed by atoms with Crippen molar-refractivity contribution in [1.29, 1.82) is 0 Å². The highest BCUT2D eigenvalue weighted by Crippen LogP contribution is 2.32. The SMILES string of the molecule is CCCCCC(=O)N[C@@H](N1CCOCC1)C(Cl)(Cl)Cl. The van der Waals surface area contributed by atoms with Crippen LogP contribution in [0.4, 0.5) is 0 Å². The van der Waals surface area contributed by atoms with E-state index in [9.17, 15) is 4.79 Å². The molecule has 1 fully saturated rings. The third-order valence-electron chi connectivity index (χ3n) is 3.03. The number of carbonyl (C=O) groups is 1. The van der Waals surface area contributed by atoms with Gasteiger partial charge < -0.3 is 10.1 Å². The van der Waals surface area contributed by atoms with Crippen molar-refractivity contribution < 1.29 is 9.53 Å². The molecule has 0 aliphatic carbocycles. The predicted octanol–water partition coefficient (Wildman–Crippen LogP) is 2.71. The quantitative estimate of drug-likeness (QED) is 0.601. The van der Waals surface area contributed by atoms with E-state index in [1.165, 1.54) is 0 Å². The van der Waals surface area contributed by atoms with E-state index >= 15 is 0 Å². The molecule has 0 aromatic rings. The van der Waals surface area contributed by atoms with Crippen LogP contribution in [0.2, 0.25) is 0 Å². The van der Waals surface area contributed by atoms with Gasteiger partial charge in [-0.1, -0.05) is 54.6 Å². The number of nitrogens with zero attached hydrogens (tertiary/aromatic N) is 1. The number of hydrogen-bond donors (Lipinski definition) is 1. The van der Waals surface area contributed by atoms with Gasteiger partial charge in [0.15, 0.2) is 0 Å². The van der Waals surface area contributed by atoms with Gasteiger partial charge in [0.25, 0.3) is 0 Å². The van der Waals surface area contributed by atoms with Crippen molar-refractivity contribution in [3.8, 4) is 0 Å². The van der Waals surface area contributed by atoms with E-state index < -0.39 is 9.96 Å². The van der Waals surface area contributed by atoms with Gasteiger partial charge in [0.2, 0.25) is 9.70 Å². The molecule has 19 heavy (non-hydrogen) atoms. The zero-order valence-electron chi connectivity index (χ0n) is 11.1. The van der Waals surface area contributed by atoms with Crippen LogP contribution in [0.15, 0.2) is 0 Å². The minimum Gasteiger partial charge on any atom is -0.379 e. The normalized spacial score (nSPS) is 19.2. The van der Waals surface area contributed by atoms with Gasteiger partial charge in [0, 0.05) is 19.5 Å². The first-order chi connectivity index (χ1) is 8.95. The number of morpholine rings is 1. The van der Waals surface area contributed by atoms with Crippen molar-refractivity contribution in [1.82, 2.24) is 10.2 Å². The maximum atomic E-state index is 11.9. The molecule has 0 bridgehead atoms. The van der Waals surface area contributed by atoms with Crippen molar-refractivity contribution in [2.75, 3.05) is 26.3 Å². The fraction of sp³-hybridized carbons (Fsp3) is 0.917. The number of rotatable bonds is 6. The minimum atomic E-state index is -1.54. The number of alkyl halides is 3. The van der Waals surface area contributed by atoms with E-state index in [2.05, 4.69) is 12.2 Å². The lowest BCUT2D eigenvalue weighted by Crippen LogP contribution is -2.58. The largest absolute Gasteiger partial charge is 0.379 e. The standard InChI is InChI=1S/C12H21Cl3N2O2/c1-2-3-4-5-10(18)16-11(12(13,14)15)17-6-8-19-9-7-17/h11H,2-9H2,1H3,(H,16,18)/t11-/m0/s1. The Morgan fingerprint density at radius 3 is 2.47 bits per heavy atom. The van der Waals surface area contributed by atoms with Crippen LogP contribution in [0.3, 0.4) is 0 Å². The number of halogens is 3. The van der Waals surface area contributed by atoms with Crippen LogP contribution in [-0.4, -0.2) is 47.1 Å². The van der Waals surface area contributed by atoms with E-state index in [0.29, 0.717) is 32.7 Å². The molecule has 1 aliphatic rings. The summed E-state index contributed by atoms with van der Waals surface area (Å²) in [6.07, 6.45) is 2.83. The summed E-state index contributed by atoms with van der Waals surface area (Å²) in [5, 5.41) is 2.82. The molecule has 112 valence electrons. The summed E-state index contributed by atoms with van der Waals surface area (Å²) in [7, 11) is 0. The predicted molar refractivity (Wildman–Crippen MR) is 78.8 cm³/mol. The third kappa shape index (κ3) is 6.50. The van der Waals surface area contributed by atoms with E-state index in [1.54, 1.807) is 0 Å². The molecular weight excluding hydrogens is 311 g/mol. The second-order valence-corrected chi connectivity index (χ2v) is 6.99. The van der Waals surface area contributed by atoms with Crippen molar-refractivity contribution >= 4 is 40.7 Å². The van der Waals surface area contributed by atoms with Crippen molar-refractivity contribution in [2.24, 2.45) is 0 Å². The average molecular weight is 332 g/mol. The van der Waals surface area contributed by atoms with Crippen LogP contribution in [0.5, 0.6) is 0 Å². The first-order valence-electron chi connectivity index (χ1n) is 6.63. The minimum absolute atomic E-state index is 0.0729. The second kappa shape index (κ2) is 8.53. The Labute approximate surface area is 129 Å². The van der Waals surface area contributed by atoms with Gasteiger partial charge in [-0.3, -0.25) is 9.69 Å². The van der Waals surface area contributed by atoms with Gasteiger partial charge in [-0.2, -0.15) is 0 Å². The van der Waals surface area contributed by atoms with Gasteiger partial charge in [-0.25, -0.2) is 0 Å². The third-order valence-corrected chi connectivity index (χ3v) is 3.65. The van der Waals surface area contributed by atoms with Gasteiger partial charge in [-0.05, 0) is 6.42 Å². The smallest absolute Gasteiger partial charge is 0.223 e. The molecule has 1 N–H and O–H groups in total. The van der Waals surface area contributed by atoms with Crippen LogP contribution >= 0.6 is 34.8 Å². The topological polar surface area (TPSA) is 41.6 Å². The molecular formula is C12H21Cl3N2O2. The molecule has 0 radical (unpaired) electrons. The summed E-state index contributed by atoms with van der Waals surface area (Å²) >= 11 is 17.9. The molecule has 1 amide bonds. The summed E-state index contributed by atoms with van der Waals surface area (Å²) < 4.78 is 3.72. The Morgan fingerprint density at radius 2 is 1.95 bits per heavy atom. The maximum Gasteiger partial charge on any atom is 0.223 e. The molecule has 0 aromatic carbocycles. The highest BCUT2D eigenvalue weighted by atomic mass is 35.6. The van der Waals surface area contributed by atoms with Crippen LogP contribution in [0.25, 0.3) is 0 Å². The van der Waals surface area contributed by atoms with Crippen LogP contribution in [0.1, 0.15) is 32.6 Å². The molecule has 7 heteroatoms. The highest BCUT2D eigenvalue weighted by Gasteiger charge is 2.38. The van der Waals surface area contributed by atoms with E-state index in [0.717, 1.165) is 19.3 Å². The zero-order valence-corrected chi connectivity index (χ0v) is 13.4. The Morgan fingerprint density at radius 1 is 1.32 bits per heavy atom. The number of carbonyl (C=O) groups excluding carboxylic acids is 1. The maximum absolute atomic E-state index is 11.9. The van der Waals surface area contributed by atoms with Gasteiger partial charge in [-0.15, -0.1) is 0 Å². The van der Waals surface area contributed by atoms with Crippen molar-refractivity contribution in [2.45, 2.75) is 42.6 Å². The van der Waals surface area contributed by atoms with Crippen LogP contribution in [-0.2, 0) is 9.53 Å². The molecule has 0 spiro atoms. The molecule has 1 aliphatic heterocycles. The first kappa shape index (κ1) is 17.3. The lowest BCUT2D eigenvalue weighted by molar-refractivity contribution is -0.123. The summed E-state index contributed by atoms with van der Waals surface area (Å²) in [6, 6.07) is 0. The number of nitrogens with one attached hydrogen (secondary N) is 1. The second-order valence-electron chi connectivity index (χ2n) is 4.62. The molecule has 4 nitrogen and oxygen atoms in total. The molecule has 0 aromatic heterocycles. The summed E-state index contributed by atoms with van der Waals surface area (Å²) in [5.74, 6) is -0.0729. The van der Waals surface area contributed by atoms with Crippen LogP contribution < -0.4 is 5.32 Å². The first-order valence-corrected chi connectivity index (χ1v) is 7.76. The van der Waals surface area contributed by atoms with Gasteiger partial charge in [0.1, 0.15) is 6.17 Å². The Balaban J connectivity index is 2.52. The number of ether oxygens (including phenoxy) is 1. The summed E-state index contributed by atoms with van der Waals surface area (Å²) in [5.41, 5.74) is 0. The molecule has 1 saturated heterocycles. The lowest BCUT2D eigenvalue weighted by atomic mass is 10.2. The fourth-order valence-corrected chi connectivity index (χ4v) is 2.55. The zero-order chi connectivity index (χ0) is 14.3. The monoisotopic (exact) mass is 330 g/mol. The van der Waals surface area contributed by atoms with Crippen molar-refractivity contribution in [3.63, 3.8) is 0 Å². The van der Waals surface area contributed by atoms with Crippen molar-refractivity contribution in [3.05, 3.63) is 0 Å². The summed E-state index contributed by atoms with van der Waals surface area (Å²) in [6.45, 7) is 4.56. The Kier molecular flexibility index (Phi) is 7.77. The number of amides is 1. The Hall–Kier alpha value is 0.260. The molecule has 1 atom stereocenters. The lowest BCUT2D eigenvalue weighted by Gasteiger charge is -2.38. The Bertz CT molecular complexity index is 279. The van der Waals surface area contributed by atoms with Crippen LogP contribution in [0, 0.1) is 0 Å². The van der Waals surface area contributed by atoms with E-state index in [4.69, 9.17) is 39.5 Å². The number of unbranched alkanes of at least 4 members (excludes halogenated alkanes) is 2. The highest BCUT2D eigenvalue weighted by molar-refractivity contribution is 6.68.